The van der Waals surface area contributed by atoms with Gasteiger partial charge in [-0.1, -0.05) is 6.92 Å². The maximum absolute atomic E-state index is 10.7. The lowest BCUT2D eigenvalue weighted by Gasteiger charge is -2.33. The summed E-state index contributed by atoms with van der Waals surface area (Å²) in [5.41, 5.74) is 3.20. The normalized spacial score (nSPS) is 27.4. The molecule has 0 spiro atoms. The number of hydrogen-bond donors (Lipinski definition) is 1. The molecule has 2 heterocycles. The second-order valence-corrected chi connectivity index (χ2v) is 4.23. The molecule has 2 atom stereocenters. The van der Waals surface area contributed by atoms with Gasteiger partial charge in [-0.3, -0.25) is 9.69 Å². The van der Waals surface area contributed by atoms with E-state index in [1.807, 2.05) is 6.07 Å². The Labute approximate surface area is 84.1 Å². The summed E-state index contributed by atoms with van der Waals surface area (Å²) in [6.07, 6.45) is 0.887. The van der Waals surface area contributed by atoms with Gasteiger partial charge < -0.3 is 4.98 Å². The Balaban J connectivity index is 2.47. The molecule has 2 rings (SSSR count). The summed E-state index contributed by atoms with van der Waals surface area (Å²) in [6, 6.07) is 2.38. The van der Waals surface area contributed by atoms with Crippen molar-refractivity contribution in [3.05, 3.63) is 23.0 Å². The van der Waals surface area contributed by atoms with Crippen molar-refractivity contribution in [3.8, 4) is 0 Å². The van der Waals surface area contributed by atoms with Crippen LogP contribution in [0.4, 0.5) is 0 Å². The molecule has 0 radical (unpaired) electrons. The lowest BCUT2D eigenvalue weighted by atomic mass is 9.93. The standard InChI is InChI=1S/C11H16N2O/c1-7-5-13(3)8(2)10-4-9(6-14)12-11(7)10/h4,6-8,12H,5H2,1-3H3. The van der Waals surface area contributed by atoms with E-state index in [-0.39, 0.29) is 0 Å². The van der Waals surface area contributed by atoms with Crippen LogP contribution in [0.5, 0.6) is 0 Å². The van der Waals surface area contributed by atoms with Gasteiger partial charge in [0.1, 0.15) is 0 Å². The van der Waals surface area contributed by atoms with Crippen molar-refractivity contribution in [3.63, 3.8) is 0 Å². The van der Waals surface area contributed by atoms with Crippen LogP contribution in [0.3, 0.4) is 0 Å². The summed E-state index contributed by atoms with van der Waals surface area (Å²) >= 11 is 0. The highest BCUT2D eigenvalue weighted by Crippen LogP contribution is 2.34. The molecule has 76 valence electrons. The second kappa shape index (κ2) is 3.24. The summed E-state index contributed by atoms with van der Waals surface area (Å²) in [5, 5.41) is 0. The monoisotopic (exact) mass is 192 g/mol. The van der Waals surface area contributed by atoms with Gasteiger partial charge in [-0.25, -0.2) is 0 Å². The summed E-state index contributed by atoms with van der Waals surface area (Å²) in [7, 11) is 2.12. The smallest absolute Gasteiger partial charge is 0.166 e. The molecule has 1 aromatic rings. The Hall–Kier alpha value is -1.09. The van der Waals surface area contributed by atoms with Crippen molar-refractivity contribution in [1.82, 2.24) is 9.88 Å². The summed E-state index contributed by atoms with van der Waals surface area (Å²) in [6.45, 7) is 5.41. The van der Waals surface area contributed by atoms with Crippen LogP contribution in [0, 0.1) is 0 Å². The molecular weight excluding hydrogens is 176 g/mol. The van der Waals surface area contributed by atoms with Gasteiger partial charge in [0, 0.05) is 24.2 Å². The van der Waals surface area contributed by atoms with E-state index in [4.69, 9.17) is 0 Å². The molecule has 1 N–H and O–H groups in total. The van der Waals surface area contributed by atoms with Crippen LogP contribution in [0.25, 0.3) is 0 Å². The number of likely N-dealkylation sites (N-methyl/N-ethyl adjacent to an activating group) is 1. The van der Waals surface area contributed by atoms with E-state index in [0.29, 0.717) is 17.7 Å². The van der Waals surface area contributed by atoms with E-state index >= 15 is 0 Å². The first-order valence-electron chi connectivity index (χ1n) is 5.01. The zero-order chi connectivity index (χ0) is 10.3. The van der Waals surface area contributed by atoms with Gasteiger partial charge in [0.05, 0.1) is 5.69 Å². The van der Waals surface area contributed by atoms with Gasteiger partial charge in [0.15, 0.2) is 6.29 Å². The first-order valence-corrected chi connectivity index (χ1v) is 5.01. The van der Waals surface area contributed by atoms with Crippen LogP contribution in [0.15, 0.2) is 6.07 Å². The minimum absolute atomic E-state index is 0.408. The molecule has 14 heavy (non-hydrogen) atoms. The number of aldehydes is 1. The third-order valence-electron chi connectivity index (χ3n) is 3.19. The summed E-state index contributed by atoms with van der Waals surface area (Å²) in [5.74, 6) is 0.486. The van der Waals surface area contributed by atoms with Gasteiger partial charge in [-0.2, -0.15) is 0 Å². The quantitative estimate of drug-likeness (QED) is 0.690. The molecule has 0 amide bonds. The van der Waals surface area contributed by atoms with E-state index in [9.17, 15) is 4.79 Å². The maximum atomic E-state index is 10.7. The molecular formula is C11H16N2O. The van der Waals surface area contributed by atoms with Gasteiger partial charge >= 0.3 is 0 Å². The maximum Gasteiger partial charge on any atom is 0.166 e. The molecule has 2 unspecified atom stereocenters. The molecule has 0 aromatic carbocycles. The number of carbonyl (C=O) groups excluding carboxylic acids is 1. The number of carbonyl (C=O) groups is 1. The number of aromatic amines is 1. The lowest BCUT2D eigenvalue weighted by molar-refractivity contribution is 0.111. The van der Waals surface area contributed by atoms with Crippen LogP contribution in [0.2, 0.25) is 0 Å². The average Bonchev–Trinajstić information content (AvgIpc) is 2.58. The van der Waals surface area contributed by atoms with Crippen molar-refractivity contribution >= 4 is 6.29 Å². The summed E-state index contributed by atoms with van der Waals surface area (Å²) < 4.78 is 0. The number of rotatable bonds is 1. The van der Waals surface area contributed by atoms with Crippen LogP contribution < -0.4 is 0 Å². The van der Waals surface area contributed by atoms with Crippen molar-refractivity contribution in [2.24, 2.45) is 0 Å². The first kappa shape index (κ1) is 9.46. The molecule has 1 aromatic heterocycles. The van der Waals surface area contributed by atoms with Crippen LogP contribution in [-0.2, 0) is 0 Å². The van der Waals surface area contributed by atoms with E-state index in [1.165, 1.54) is 11.3 Å². The molecule has 0 fully saturated rings. The average molecular weight is 192 g/mol. The minimum atomic E-state index is 0.408. The number of nitrogens with zero attached hydrogens (tertiary/aromatic N) is 1. The number of nitrogens with one attached hydrogen (secondary N) is 1. The summed E-state index contributed by atoms with van der Waals surface area (Å²) in [4.78, 5) is 16.2. The fraction of sp³-hybridized carbons (Fsp3) is 0.545. The molecule has 0 bridgehead atoms. The van der Waals surface area contributed by atoms with E-state index in [1.54, 1.807) is 0 Å². The largest absolute Gasteiger partial charge is 0.356 e. The van der Waals surface area contributed by atoms with E-state index in [0.717, 1.165) is 12.8 Å². The zero-order valence-corrected chi connectivity index (χ0v) is 8.87. The third kappa shape index (κ3) is 1.28. The Bertz CT molecular complexity index is 356. The predicted octanol–water partition coefficient (Wildman–Crippen LogP) is 1.94. The van der Waals surface area contributed by atoms with E-state index in [2.05, 4.69) is 30.8 Å². The highest BCUT2D eigenvalue weighted by molar-refractivity contribution is 5.73. The van der Waals surface area contributed by atoms with Gasteiger partial charge in [-0.05, 0) is 25.6 Å². The topological polar surface area (TPSA) is 36.1 Å². The Morgan fingerprint density at radius 1 is 1.57 bits per heavy atom. The Morgan fingerprint density at radius 3 is 2.93 bits per heavy atom. The van der Waals surface area contributed by atoms with Gasteiger partial charge in [0.2, 0.25) is 0 Å². The van der Waals surface area contributed by atoms with Crippen molar-refractivity contribution < 1.29 is 4.79 Å². The highest BCUT2D eigenvalue weighted by atomic mass is 16.1. The minimum Gasteiger partial charge on any atom is -0.356 e. The third-order valence-corrected chi connectivity index (χ3v) is 3.19. The Kier molecular flexibility index (Phi) is 2.19. The predicted molar refractivity (Wildman–Crippen MR) is 55.6 cm³/mol. The number of hydrogen-bond acceptors (Lipinski definition) is 2. The molecule has 0 saturated carbocycles. The molecule has 3 heteroatoms. The fourth-order valence-corrected chi connectivity index (χ4v) is 2.24. The number of H-pyrrole nitrogens is 1. The van der Waals surface area contributed by atoms with Crippen molar-refractivity contribution in [2.45, 2.75) is 25.8 Å². The lowest BCUT2D eigenvalue weighted by Crippen LogP contribution is -2.32. The molecule has 1 aliphatic rings. The molecule has 0 saturated heterocycles. The van der Waals surface area contributed by atoms with Crippen LogP contribution in [-0.4, -0.2) is 29.8 Å². The van der Waals surface area contributed by atoms with Crippen molar-refractivity contribution in [1.29, 1.82) is 0 Å². The van der Waals surface area contributed by atoms with Crippen LogP contribution in [0.1, 0.15) is 47.6 Å². The fourth-order valence-electron chi connectivity index (χ4n) is 2.24. The van der Waals surface area contributed by atoms with Crippen LogP contribution >= 0.6 is 0 Å². The van der Waals surface area contributed by atoms with E-state index < -0.39 is 0 Å². The first-order chi connectivity index (χ1) is 6.63. The SMILES string of the molecule is CC1CN(C)C(C)c2cc(C=O)[nH]c21. The zero-order valence-electron chi connectivity index (χ0n) is 8.87. The second-order valence-electron chi connectivity index (χ2n) is 4.23. The molecule has 1 aliphatic heterocycles. The molecule has 3 nitrogen and oxygen atoms in total. The van der Waals surface area contributed by atoms with Gasteiger partial charge in [-0.15, -0.1) is 0 Å². The number of aromatic nitrogens is 1. The van der Waals surface area contributed by atoms with Crippen molar-refractivity contribution in [2.75, 3.05) is 13.6 Å². The Morgan fingerprint density at radius 2 is 2.29 bits per heavy atom. The highest BCUT2D eigenvalue weighted by Gasteiger charge is 2.27. The van der Waals surface area contributed by atoms with Gasteiger partial charge in [0.25, 0.3) is 0 Å². The number of fused-ring (bicyclic) bond motifs is 1. The molecule has 0 aliphatic carbocycles.